The minimum Gasteiger partial charge on any atom is -0.320 e. The van der Waals surface area contributed by atoms with E-state index in [0.717, 1.165) is 6.07 Å². The molecule has 1 aromatic carbocycles. The molecule has 1 heterocycles. The van der Waals surface area contributed by atoms with Crippen LogP contribution in [-0.2, 0) is 23.6 Å². The summed E-state index contributed by atoms with van der Waals surface area (Å²) < 4.78 is 41.4. The molecule has 0 aliphatic carbocycles. The molecule has 7 nitrogen and oxygen atoms in total. The molecular weight excluding hydrogens is 285 g/mol. The van der Waals surface area contributed by atoms with E-state index in [1.165, 1.54) is 18.5 Å². The number of nitrogens with zero attached hydrogens (tertiary/aromatic N) is 4. The second-order valence-electron chi connectivity index (χ2n) is 3.91. The molecule has 0 fully saturated rings. The van der Waals surface area contributed by atoms with Crippen molar-refractivity contribution in [3.63, 3.8) is 0 Å². The third kappa shape index (κ3) is 2.66. The van der Waals surface area contributed by atoms with E-state index in [4.69, 9.17) is 5.26 Å². The van der Waals surface area contributed by atoms with Crippen molar-refractivity contribution in [3.8, 4) is 6.07 Å². The van der Waals surface area contributed by atoms with Gasteiger partial charge in [0, 0.05) is 7.05 Å². The van der Waals surface area contributed by atoms with Crippen LogP contribution in [0.3, 0.4) is 0 Å². The first-order valence-corrected chi connectivity index (χ1v) is 6.95. The Labute approximate surface area is 114 Å². The van der Waals surface area contributed by atoms with Crippen molar-refractivity contribution in [2.45, 2.75) is 11.4 Å². The minimum atomic E-state index is -4.01. The Balaban J connectivity index is 2.30. The van der Waals surface area contributed by atoms with E-state index in [0.29, 0.717) is 5.82 Å². The molecule has 104 valence electrons. The van der Waals surface area contributed by atoms with Crippen LogP contribution < -0.4 is 4.72 Å². The van der Waals surface area contributed by atoms with Crippen LogP contribution in [0.1, 0.15) is 11.4 Å². The summed E-state index contributed by atoms with van der Waals surface area (Å²) in [5.74, 6) is -0.488. The molecule has 9 heteroatoms. The van der Waals surface area contributed by atoms with Gasteiger partial charge in [0.05, 0.1) is 6.54 Å². The first-order valence-electron chi connectivity index (χ1n) is 5.47. The van der Waals surface area contributed by atoms with Crippen molar-refractivity contribution in [3.05, 3.63) is 41.7 Å². The standard InChI is InChI=1S/C11H10FN5O2S/c1-17-7-14-16-11(17)6-15-20(18,19)10-4-2-3-9(12)8(10)5-13/h2-4,7,15H,6H2,1H3. The van der Waals surface area contributed by atoms with Gasteiger partial charge in [0.25, 0.3) is 0 Å². The first-order chi connectivity index (χ1) is 9.45. The third-order valence-corrected chi connectivity index (χ3v) is 4.05. The first kappa shape index (κ1) is 14.1. The summed E-state index contributed by atoms with van der Waals surface area (Å²) in [6.45, 7) is -0.111. The maximum Gasteiger partial charge on any atom is 0.242 e. The molecule has 0 spiro atoms. The van der Waals surface area contributed by atoms with Crippen LogP contribution in [-0.4, -0.2) is 23.2 Å². The summed E-state index contributed by atoms with van der Waals surface area (Å²) in [5.41, 5.74) is -0.516. The van der Waals surface area contributed by atoms with E-state index in [1.54, 1.807) is 17.7 Å². The zero-order valence-electron chi connectivity index (χ0n) is 10.4. The molecule has 0 saturated carbocycles. The quantitative estimate of drug-likeness (QED) is 0.874. The average molecular weight is 295 g/mol. The van der Waals surface area contributed by atoms with Gasteiger partial charge in [-0.25, -0.2) is 17.5 Å². The van der Waals surface area contributed by atoms with Crippen molar-refractivity contribution in [1.29, 1.82) is 5.26 Å². The highest BCUT2D eigenvalue weighted by molar-refractivity contribution is 7.89. The molecule has 0 radical (unpaired) electrons. The van der Waals surface area contributed by atoms with Gasteiger partial charge < -0.3 is 4.57 Å². The lowest BCUT2D eigenvalue weighted by Crippen LogP contribution is -2.25. The Morgan fingerprint density at radius 1 is 1.50 bits per heavy atom. The van der Waals surface area contributed by atoms with Gasteiger partial charge in [-0.05, 0) is 12.1 Å². The summed E-state index contributed by atoms with van der Waals surface area (Å²) in [4.78, 5) is -0.401. The zero-order chi connectivity index (χ0) is 14.8. The van der Waals surface area contributed by atoms with Gasteiger partial charge >= 0.3 is 0 Å². The highest BCUT2D eigenvalue weighted by Crippen LogP contribution is 2.17. The number of benzene rings is 1. The van der Waals surface area contributed by atoms with Crippen molar-refractivity contribution < 1.29 is 12.8 Å². The Bertz CT molecular complexity index is 778. The fourth-order valence-electron chi connectivity index (χ4n) is 1.54. The van der Waals surface area contributed by atoms with E-state index in [9.17, 15) is 12.8 Å². The fourth-order valence-corrected chi connectivity index (χ4v) is 2.69. The molecule has 0 unspecified atom stereocenters. The number of rotatable bonds is 4. The molecule has 1 aromatic heterocycles. The normalized spacial score (nSPS) is 11.2. The second-order valence-corrected chi connectivity index (χ2v) is 5.64. The molecule has 0 saturated heterocycles. The van der Waals surface area contributed by atoms with Crippen LogP contribution in [0.25, 0.3) is 0 Å². The lowest BCUT2D eigenvalue weighted by atomic mass is 10.2. The lowest BCUT2D eigenvalue weighted by Gasteiger charge is -2.08. The summed E-state index contributed by atoms with van der Waals surface area (Å²) in [6.07, 6.45) is 1.42. The van der Waals surface area contributed by atoms with Crippen molar-refractivity contribution in [2.24, 2.45) is 7.05 Å². The average Bonchev–Trinajstić information content (AvgIpc) is 2.82. The van der Waals surface area contributed by atoms with Crippen molar-refractivity contribution in [1.82, 2.24) is 19.5 Å². The van der Waals surface area contributed by atoms with Gasteiger partial charge in [-0.15, -0.1) is 10.2 Å². The van der Waals surface area contributed by atoms with E-state index >= 15 is 0 Å². The Kier molecular flexibility index (Phi) is 3.78. The number of hydrogen-bond acceptors (Lipinski definition) is 5. The van der Waals surface area contributed by atoms with Gasteiger partial charge in [-0.1, -0.05) is 6.07 Å². The molecule has 20 heavy (non-hydrogen) atoms. The number of sulfonamides is 1. The molecule has 0 aliphatic heterocycles. The number of nitriles is 1. The Hall–Kier alpha value is -2.31. The van der Waals surface area contributed by atoms with Crippen LogP contribution in [0, 0.1) is 17.1 Å². The van der Waals surface area contributed by atoms with E-state index in [1.807, 2.05) is 0 Å². The van der Waals surface area contributed by atoms with Crippen LogP contribution >= 0.6 is 0 Å². The molecule has 0 bridgehead atoms. The van der Waals surface area contributed by atoms with Gasteiger partial charge in [0.1, 0.15) is 34.5 Å². The molecule has 2 rings (SSSR count). The topological polar surface area (TPSA) is 101 Å². The highest BCUT2D eigenvalue weighted by atomic mass is 32.2. The molecule has 0 amide bonds. The Morgan fingerprint density at radius 3 is 2.85 bits per heavy atom. The maximum absolute atomic E-state index is 13.4. The fraction of sp³-hybridized carbons (Fsp3) is 0.182. The van der Waals surface area contributed by atoms with E-state index < -0.39 is 26.3 Å². The molecular formula is C11H10FN5O2S. The van der Waals surface area contributed by atoms with E-state index in [2.05, 4.69) is 14.9 Å². The molecule has 0 atom stereocenters. The molecule has 2 aromatic rings. The number of halogens is 1. The highest BCUT2D eigenvalue weighted by Gasteiger charge is 2.21. The van der Waals surface area contributed by atoms with Crippen molar-refractivity contribution in [2.75, 3.05) is 0 Å². The van der Waals surface area contributed by atoms with Gasteiger partial charge in [-0.3, -0.25) is 0 Å². The minimum absolute atomic E-state index is 0.111. The molecule has 1 N–H and O–H groups in total. The number of hydrogen-bond donors (Lipinski definition) is 1. The van der Waals surface area contributed by atoms with Gasteiger partial charge in [0.2, 0.25) is 10.0 Å². The zero-order valence-corrected chi connectivity index (χ0v) is 11.2. The Morgan fingerprint density at radius 2 is 2.25 bits per heavy atom. The van der Waals surface area contributed by atoms with Crippen molar-refractivity contribution >= 4 is 10.0 Å². The monoisotopic (exact) mass is 295 g/mol. The van der Waals surface area contributed by atoms with E-state index in [-0.39, 0.29) is 6.54 Å². The number of nitrogens with one attached hydrogen (secondary N) is 1. The third-order valence-electron chi connectivity index (χ3n) is 2.60. The lowest BCUT2D eigenvalue weighted by molar-refractivity contribution is 0.572. The predicted molar refractivity (Wildman–Crippen MR) is 66.1 cm³/mol. The van der Waals surface area contributed by atoms with Crippen LogP contribution in [0.2, 0.25) is 0 Å². The van der Waals surface area contributed by atoms with Crippen LogP contribution in [0.15, 0.2) is 29.4 Å². The summed E-state index contributed by atoms with van der Waals surface area (Å²) in [5, 5.41) is 16.2. The molecule has 0 aliphatic rings. The number of aryl methyl sites for hydroxylation is 1. The summed E-state index contributed by atoms with van der Waals surface area (Å²) in [7, 11) is -2.35. The second kappa shape index (κ2) is 5.36. The SMILES string of the molecule is Cn1cnnc1CNS(=O)(=O)c1cccc(F)c1C#N. The summed E-state index contributed by atoms with van der Waals surface area (Å²) >= 11 is 0. The number of aromatic nitrogens is 3. The van der Waals surface area contributed by atoms with Crippen LogP contribution in [0.5, 0.6) is 0 Å². The summed E-state index contributed by atoms with van der Waals surface area (Å²) in [6, 6.07) is 4.97. The predicted octanol–water partition coefficient (Wildman–Crippen LogP) is 0.304. The van der Waals surface area contributed by atoms with Gasteiger partial charge in [0.15, 0.2) is 0 Å². The van der Waals surface area contributed by atoms with Crippen LogP contribution in [0.4, 0.5) is 4.39 Å². The smallest absolute Gasteiger partial charge is 0.242 e. The van der Waals surface area contributed by atoms with Gasteiger partial charge in [-0.2, -0.15) is 5.26 Å². The largest absolute Gasteiger partial charge is 0.320 e. The maximum atomic E-state index is 13.4.